The molecule has 0 saturated carbocycles. The number of nitrogens with one attached hydrogen (secondary N) is 1. The van der Waals surface area contributed by atoms with E-state index in [1.165, 1.54) is 0 Å². The van der Waals surface area contributed by atoms with Gasteiger partial charge in [0.25, 0.3) is 5.91 Å². The molecule has 25 heavy (non-hydrogen) atoms. The first-order chi connectivity index (χ1) is 11.6. The largest absolute Gasteiger partial charge is 0.349 e. The second-order valence-corrected chi connectivity index (χ2v) is 9.98. The van der Waals surface area contributed by atoms with E-state index < -0.39 is 9.84 Å². The maximum absolute atomic E-state index is 12.7. The van der Waals surface area contributed by atoms with Crippen LogP contribution in [0.15, 0.2) is 0 Å². The average Bonchev–Trinajstić information content (AvgIpc) is 2.97. The zero-order valence-electron chi connectivity index (χ0n) is 16.0. The third-order valence-electron chi connectivity index (χ3n) is 4.90. The molecule has 1 fully saturated rings. The fourth-order valence-electron chi connectivity index (χ4n) is 3.52. The van der Waals surface area contributed by atoms with E-state index in [2.05, 4.69) is 24.3 Å². The number of hydrogen-bond donors (Lipinski definition) is 1. The van der Waals surface area contributed by atoms with E-state index in [1.807, 2.05) is 20.8 Å². The van der Waals surface area contributed by atoms with Crippen molar-refractivity contribution in [2.45, 2.75) is 72.4 Å². The molecule has 2 rings (SSSR count). The first kappa shape index (κ1) is 19.9. The molecule has 1 N–H and O–H groups in total. The third kappa shape index (κ3) is 5.06. The highest BCUT2D eigenvalue weighted by molar-refractivity contribution is 7.91. The molecule has 0 bridgehead atoms. The van der Waals surface area contributed by atoms with Crippen LogP contribution in [-0.2, 0) is 9.84 Å². The minimum atomic E-state index is -2.98. The Morgan fingerprint density at radius 3 is 2.52 bits per heavy atom. The molecule has 1 aromatic rings. The molecule has 1 aromatic heterocycles. The smallest absolute Gasteiger partial charge is 0.255 e. The summed E-state index contributed by atoms with van der Waals surface area (Å²) in [5, 5.41) is 7.52. The van der Waals surface area contributed by atoms with Crippen LogP contribution in [0.3, 0.4) is 0 Å². The van der Waals surface area contributed by atoms with E-state index in [0.29, 0.717) is 23.6 Å². The summed E-state index contributed by atoms with van der Waals surface area (Å²) in [7, 11) is -2.98. The van der Waals surface area contributed by atoms with Crippen LogP contribution in [-0.4, -0.2) is 41.7 Å². The molecule has 1 aliphatic rings. The summed E-state index contributed by atoms with van der Waals surface area (Å²) in [6.45, 7) is 10.1. The topological polar surface area (TPSA) is 81.1 Å². The summed E-state index contributed by atoms with van der Waals surface area (Å²) in [5.74, 6) is 0.874. The van der Waals surface area contributed by atoms with Gasteiger partial charge in [-0.1, -0.05) is 26.7 Å². The van der Waals surface area contributed by atoms with Crippen molar-refractivity contribution in [3.8, 4) is 0 Å². The Balaban J connectivity index is 2.05. The molecule has 7 heteroatoms. The lowest BCUT2D eigenvalue weighted by Crippen LogP contribution is -2.33. The van der Waals surface area contributed by atoms with Crippen molar-refractivity contribution in [3.63, 3.8) is 0 Å². The number of carbonyl (C=O) groups is 1. The summed E-state index contributed by atoms with van der Waals surface area (Å²) in [6, 6.07) is -0.0472. The number of aryl methyl sites for hydroxylation is 1. The predicted octanol–water partition coefficient (Wildman–Crippen LogP) is 2.80. The molecule has 6 nitrogen and oxygen atoms in total. The molecule has 2 atom stereocenters. The standard InChI is InChI=1S/C18H31N3O3S/c1-12(2)7-6-8-13(3)19-18(22)17-14(4)20-21(15(17)5)16-9-10-25(23,24)11-16/h12-13,16H,6-11H2,1-5H3,(H,19,22)/t13-,16+/m0/s1. The van der Waals surface area contributed by atoms with Crippen LogP contribution in [0.4, 0.5) is 0 Å². The van der Waals surface area contributed by atoms with Crippen LogP contribution in [0.5, 0.6) is 0 Å². The van der Waals surface area contributed by atoms with Crippen molar-refractivity contribution in [1.82, 2.24) is 15.1 Å². The van der Waals surface area contributed by atoms with Crippen molar-refractivity contribution in [1.29, 1.82) is 0 Å². The predicted molar refractivity (Wildman–Crippen MR) is 99.6 cm³/mol. The number of carbonyl (C=O) groups excluding carboxylic acids is 1. The Morgan fingerprint density at radius 2 is 1.96 bits per heavy atom. The number of rotatable bonds is 7. The van der Waals surface area contributed by atoms with Gasteiger partial charge in [-0.25, -0.2) is 8.42 Å². The Hall–Kier alpha value is -1.37. The van der Waals surface area contributed by atoms with Crippen LogP contribution < -0.4 is 5.32 Å². The van der Waals surface area contributed by atoms with E-state index in [1.54, 1.807) is 4.68 Å². The summed E-state index contributed by atoms with van der Waals surface area (Å²) < 4.78 is 25.2. The summed E-state index contributed by atoms with van der Waals surface area (Å²) in [5.41, 5.74) is 2.00. The van der Waals surface area contributed by atoms with Gasteiger partial charge in [0.05, 0.1) is 28.8 Å². The third-order valence-corrected chi connectivity index (χ3v) is 6.65. The minimum absolute atomic E-state index is 0.111. The minimum Gasteiger partial charge on any atom is -0.349 e. The quantitative estimate of drug-likeness (QED) is 0.801. The lowest BCUT2D eigenvalue weighted by Gasteiger charge is -2.15. The van der Waals surface area contributed by atoms with E-state index in [9.17, 15) is 13.2 Å². The molecule has 1 aliphatic heterocycles. The Bertz CT molecular complexity index is 722. The molecule has 0 aromatic carbocycles. The highest BCUT2D eigenvalue weighted by Gasteiger charge is 2.32. The van der Waals surface area contributed by atoms with Gasteiger partial charge in [-0.05, 0) is 39.5 Å². The van der Waals surface area contributed by atoms with E-state index >= 15 is 0 Å². The molecule has 142 valence electrons. The van der Waals surface area contributed by atoms with Gasteiger partial charge < -0.3 is 5.32 Å². The second-order valence-electron chi connectivity index (χ2n) is 7.75. The first-order valence-electron chi connectivity index (χ1n) is 9.17. The van der Waals surface area contributed by atoms with Gasteiger partial charge in [0.2, 0.25) is 0 Å². The van der Waals surface area contributed by atoms with Crippen molar-refractivity contribution in [2.75, 3.05) is 11.5 Å². The zero-order chi connectivity index (χ0) is 18.8. The second kappa shape index (κ2) is 7.89. The molecular formula is C18H31N3O3S. The van der Waals surface area contributed by atoms with Gasteiger partial charge in [0, 0.05) is 11.7 Å². The monoisotopic (exact) mass is 369 g/mol. The molecule has 0 spiro atoms. The van der Waals surface area contributed by atoms with Crippen LogP contribution >= 0.6 is 0 Å². The lowest BCUT2D eigenvalue weighted by molar-refractivity contribution is 0.0936. The van der Waals surface area contributed by atoms with E-state index in [-0.39, 0.29) is 29.5 Å². The SMILES string of the molecule is Cc1nn([C@@H]2CCS(=O)(=O)C2)c(C)c1C(=O)N[C@@H](C)CCCC(C)C. The Kier molecular flexibility index (Phi) is 6.30. The van der Waals surface area contributed by atoms with E-state index in [0.717, 1.165) is 25.0 Å². The molecule has 1 saturated heterocycles. The Labute approximate surface area is 151 Å². The maximum atomic E-state index is 12.7. The number of aromatic nitrogens is 2. The van der Waals surface area contributed by atoms with Crippen LogP contribution in [0, 0.1) is 19.8 Å². The summed E-state index contributed by atoms with van der Waals surface area (Å²) in [6.07, 6.45) is 3.77. The fourth-order valence-corrected chi connectivity index (χ4v) is 5.21. The average molecular weight is 370 g/mol. The maximum Gasteiger partial charge on any atom is 0.255 e. The number of amides is 1. The van der Waals surface area contributed by atoms with Gasteiger partial charge >= 0.3 is 0 Å². The van der Waals surface area contributed by atoms with Gasteiger partial charge in [-0.15, -0.1) is 0 Å². The molecule has 0 aliphatic carbocycles. The highest BCUT2D eigenvalue weighted by Crippen LogP contribution is 2.26. The summed E-state index contributed by atoms with van der Waals surface area (Å²) in [4.78, 5) is 12.7. The lowest BCUT2D eigenvalue weighted by atomic mass is 10.0. The summed E-state index contributed by atoms with van der Waals surface area (Å²) >= 11 is 0. The van der Waals surface area contributed by atoms with Gasteiger partial charge in [-0.3, -0.25) is 9.48 Å². The first-order valence-corrected chi connectivity index (χ1v) is 11.0. The van der Waals surface area contributed by atoms with Crippen molar-refractivity contribution < 1.29 is 13.2 Å². The molecule has 1 amide bonds. The molecule has 2 heterocycles. The molecule has 0 radical (unpaired) electrons. The van der Waals surface area contributed by atoms with Gasteiger partial charge in [0.15, 0.2) is 9.84 Å². The number of sulfone groups is 1. The molecule has 0 unspecified atom stereocenters. The van der Waals surface area contributed by atoms with E-state index in [4.69, 9.17) is 0 Å². The van der Waals surface area contributed by atoms with Crippen LogP contribution in [0.25, 0.3) is 0 Å². The highest BCUT2D eigenvalue weighted by atomic mass is 32.2. The van der Waals surface area contributed by atoms with Crippen molar-refractivity contribution in [2.24, 2.45) is 5.92 Å². The van der Waals surface area contributed by atoms with Gasteiger partial charge in [-0.2, -0.15) is 5.10 Å². The zero-order valence-corrected chi connectivity index (χ0v) is 16.8. The van der Waals surface area contributed by atoms with Crippen molar-refractivity contribution >= 4 is 15.7 Å². The van der Waals surface area contributed by atoms with Crippen LogP contribution in [0.1, 0.15) is 74.2 Å². The number of hydrogen-bond acceptors (Lipinski definition) is 4. The molecular weight excluding hydrogens is 338 g/mol. The normalized spacial score (nSPS) is 20.8. The fraction of sp³-hybridized carbons (Fsp3) is 0.778. The number of nitrogens with zero attached hydrogens (tertiary/aromatic N) is 2. The van der Waals surface area contributed by atoms with Gasteiger partial charge in [0.1, 0.15) is 0 Å². The van der Waals surface area contributed by atoms with Crippen molar-refractivity contribution in [3.05, 3.63) is 17.0 Å². The van der Waals surface area contributed by atoms with Crippen LogP contribution in [0.2, 0.25) is 0 Å². The Morgan fingerprint density at radius 1 is 1.28 bits per heavy atom.